The lowest BCUT2D eigenvalue weighted by Crippen LogP contribution is -2.30. The van der Waals surface area contributed by atoms with E-state index in [-0.39, 0.29) is 31.1 Å². The molecule has 0 amide bonds. The van der Waals surface area contributed by atoms with Crippen LogP contribution in [-0.2, 0) is 28.6 Å². The van der Waals surface area contributed by atoms with E-state index < -0.39 is 6.10 Å². The summed E-state index contributed by atoms with van der Waals surface area (Å²) >= 11 is 0. The Labute approximate surface area is 409 Å². The molecule has 384 valence electrons. The third-order valence-electron chi connectivity index (χ3n) is 12.6. The Hall–Kier alpha value is -2.63. The number of carbonyl (C=O) groups excluding carboxylic acids is 3. The molecular weight excluding hydrogens is 817 g/mol. The maximum Gasteiger partial charge on any atom is 0.306 e. The molecule has 0 spiro atoms. The Kier molecular flexibility index (Phi) is 52.8. The molecule has 0 fully saturated rings. The Balaban J connectivity index is 4.13. The predicted octanol–water partition coefficient (Wildman–Crippen LogP) is 19.0. The molecule has 0 aliphatic heterocycles. The molecule has 0 heterocycles. The fourth-order valence-electron chi connectivity index (χ4n) is 8.21. The summed E-state index contributed by atoms with van der Waals surface area (Å²) in [5.74, 6) is -0.879. The average molecular weight is 926 g/mol. The molecule has 1 unspecified atom stereocenters. The van der Waals surface area contributed by atoms with E-state index in [1.54, 1.807) is 0 Å². The van der Waals surface area contributed by atoms with Crippen LogP contribution in [0.3, 0.4) is 0 Å². The zero-order valence-corrected chi connectivity index (χ0v) is 44.0. The van der Waals surface area contributed by atoms with Gasteiger partial charge in [-0.3, -0.25) is 14.4 Å². The van der Waals surface area contributed by atoms with E-state index in [4.69, 9.17) is 14.2 Å². The highest BCUT2D eigenvalue weighted by molar-refractivity contribution is 5.71. The van der Waals surface area contributed by atoms with Crippen LogP contribution in [0.2, 0.25) is 0 Å². The SMILES string of the molecule is CCCCC/C=C\C/C=C\CCCCCCCCCCCC(=O)OC(COC(=O)CCCCCCCC)COC(=O)CCCCCCCCCCCCC/C=C\C/C=C\CCCCCCC. The highest BCUT2D eigenvalue weighted by Crippen LogP contribution is 2.16. The third kappa shape index (κ3) is 52.3. The standard InChI is InChI=1S/C60H108O6/c1-4-7-10-13-16-18-20-22-24-26-28-29-30-31-33-34-36-38-40-42-44-47-50-53-59(62)65-56-57(55-64-58(61)52-49-46-15-12-9-6-3)66-60(63)54-51-48-45-43-41-39-37-35-32-27-25-23-21-19-17-14-11-8-5-2/h17,19-20,22-23,25-26,28,57H,4-16,18,21,24,27,29-56H2,1-3H3/b19-17-,22-20-,25-23-,28-26-. The van der Waals surface area contributed by atoms with Crippen molar-refractivity contribution in [2.24, 2.45) is 0 Å². The van der Waals surface area contributed by atoms with Crippen LogP contribution in [0.25, 0.3) is 0 Å². The van der Waals surface area contributed by atoms with Crippen molar-refractivity contribution < 1.29 is 28.6 Å². The summed E-state index contributed by atoms with van der Waals surface area (Å²) in [6, 6.07) is 0. The molecule has 0 aromatic heterocycles. The van der Waals surface area contributed by atoms with Gasteiger partial charge in [-0.25, -0.2) is 0 Å². The van der Waals surface area contributed by atoms with Crippen LogP contribution < -0.4 is 0 Å². The van der Waals surface area contributed by atoms with Crippen LogP contribution in [-0.4, -0.2) is 37.2 Å². The minimum absolute atomic E-state index is 0.0741. The van der Waals surface area contributed by atoms with Gasteiger partial charge in [-0.05, 0) is 83.5 Å². The summed E-state index contributed by atoms with van der Waals surface area (Å²) in [5, 5.41) is 0. The molecule has 0 saturated carbocycles. The Morgan fingerprint density at radius 2 is 0.545 bits per heavy atom. The summed E-state index contributed by atoms with van der Waals surface area (Å²) in [5.41, 5.74) is 0. The predicted molar refractivity (Wildman–Crippen MR) is 284 cm³/mol. The molecule has 0 aromatic carbocycles. The van der Waals surface area contributed by atoms with Gasteiger partial charge in [-0.1, -0.05) is 243 Å². The number of hydrogen-bond acceptors (Lipinski definition) is 6. The van der Waals surface area contributed by atoms with E-state index in [9.17, 15) is 14.4 Å². The Morgan fingerprint density at radius 1 is 0.303 bits per heavy atom. The zero-order valence-electron chi connectivity index (χ0n) is 44.0. The first-order valence-electron chi connectivity index (χ1n) is 28.6. The number of rotatable bonds is 52. The monoisotopic (exact) mass is 925 g/mol. The lowest BCUT2D eigenvalue weighted by Gasteiger charge is -2.18. The van der Waals surface area contributed by atoms with Crippen molar-refractivity contribution in [3.63, 3.8) is 0 Å². The largest absolute Gasteiger partial charge is 0.462 e. The lowest BCUT2D eigenvalue weighted by molar-refractivity contribution is -0.167. The van der Waals surface area contributed by atoms with Crippen molar-refractivity contribution in [2.45, 2.75) is 303 Å². The number of allylic oxidation sites excluding steroid dienone is 8. The van der Waals surface area contributed by atoms with Gasteiger partial charge in [0.25, 0.3) is 0 Å². The van der Waals surface area contributed by atoms with E-state index in [0.717, 1.165) is 70.6 Å². The highest BCUT2D eigenvalue weighted by Gasteiger charge is 2.19. The maximum atomic E-state index is 12.8. The molecule has 1 atom stereocenters. The van der Waals surface area contributed by atoms with Crippen LogP contribution in [0.4, 0.5) is 0 Å². The van der Waals surface area contributed by atoms with E-state index >= 15 is 0 Å². The second-order valence-electron chi connectivity index (χ2n) is 19.2. The van der Waals surface area contributed by atoms with Crippen molar-refractivity contribution in [2.75, 3.05) is 13.2 Å². The second kappa shape index (κ2) is 55.0. The lowest BCUT2D eigenvalue weighted by atomic mass is 10.0. The van der Waals surface area contributed by atoms with Crippen molar-refractivity contribution in [1.82, 2.24) is 0 Å². The zero-order chi connectivity index (χ0) is 47.9. The minimum Gasteiger partial charge on any atom is -0.462 e. The number of hydrogen-bond donors (Lipinski definition) is 0. The Bertz CT molecular complexity index is 1150. The van der Waals surface area contributed by atoms with E-state index in [1.165, 1.54) is 186 Å². The van der Waals surface area contributed by atoms with Gasteiger partial charge in [-0.15, -0.1) is 0 Å². The first-order valence-corrected chi connectivity index (χ1v) is 28.6. The highest BCUT2D eigenvalue weighted by atomic mass is 16.6. The molecule has 0 saturated heterocycles. The molecule has 66 heavy (non-hydrogen) atoms. The van der Waals surface area contributed by atoms with Gasteiger partial charge < -0.3 is 14.2 Å². The van der Waals surface area contributed by atoms with Gasteiger partial charge in [0.15, 0.2) is 6.10 Å². The fourth-order valence-corrected chi connectivity index (χ4v) is 8.21. The second-order valence-corrected chi connectivity index (χ2v) is 19.2. The van der Waals surface area contributed by atoms with Crippen molar-refractivity contribution in [3.05, 3.63) is 48.6 Å². The van der Waals surface area contributed by atoms with Gasteiger partial charge in [0, 0.05) is 19.3 Å². The summed E-state index contributed by atoms with van der Waals surface area (Å²) in [4.78, 5) is 37.9. The normalized spacial score (nSPS) is 12.3. The van der Waals surface area contributed by atoms with E-state index in [2.05, 4.69) is 69.4 Å². The van der Waals surface area contributed by atoms with Gasteiger partial charge in [0.05, 0.1) is 0 Å². The first-order chi connectivity index (χ1) is 32.5. The summed E-state index contributed by atoms with van der Waals surface area (Å²) in [7, 11) is 0. The minimum atomic E-state index is -0.772. The first kappa shape index (κ1) is 63.4. The quantitative estimate of drug-likeness (QED) is 0.0262. The van der Waals surface area contributed by atoms with Gasteiger partial charge >= 0.3 is 17.9 Å². The van der Waals surface area contributed by atoms with E-state index in [0.29, 0.717) is 19.3 Å². The third-order valence-corrected chi connectivity index (χ3v) is 12.6. The van der Waals surface area contributed by atoms with Crippen LogP contribution in [0.15, 0.2) is 48.6 Å². The molecule has 0 rings (SSSR count). The van der Waals surface area contributed by atoms with Crippen molar-refractivity contribution in [3.8, 4) is 0 Å². The smallest absolute Gasteiger partial charge is 0.306 e. The maximum absolute atomic E-state index is 12.8. The molecule has 6 heteroatoms. The van der Waals surface area contributed by atoms with Gasteiger partial charge in [0.1, 0.15) is 13.2 Å². The average Bonchev–Trinajstić information content (AvgIpc) is 3.31. The van der Waals surface area contributed by atoms with Crippen LogP contribution in [0, 0.1) is 0 Å². The van der Waals surface area contributed by atoms with Crippen LogP contribution >= 0.6 is 0 Å². The molecule has 6 nitrogen and oxygen atoms in total. The summed E-state index contributed by atoms with van der Waals surface area (Å²) in [6.07, 6.45) is 67.0. The van der Waals surface area contributed by atoms with Gasteiger partial charge in [-0.2, -0.15) is 0 Å². The molecule has 0 aromatic rings. The molecule has 0 radical (unpaired) electrons. The Morgan fingerprint density at radius 3 is 0.864 bits per heavy atom. The number of ether oxygens (including phenoxy) is 3. The molecule has 0 aliphatic rings. The van der Waals surface area contributed by atoms with Gasteiger partial charge in [0.2, 0.25) is 0 Å². The van der Waals surface area contributed by atoms with E-state index in [1.807, 2.05) is 0 Å². The topological polar surface area (TPSA) is 78.9 Å². The number of esters is 3. The number of unbranched alkanes of at least 4 members (excludes halogenated alkanes) is 33. The summed E-state index contributed by atoms with van der Waals surface area (Å²) in [6.45, 7) is 6.57. The fraction of sp³-hybridized carbons (Fsp3) is 0.817. The molecule has 0 N–H and O–H groups in total. The van der Waals surface area contributed by atoms with Crippen LogP contribution in [0.5, 0.6) is 0 Å². The summed E-state index contributed by atoms with van der Waals surface area (Å²) < 4.78 is 16.8. The number of carbonyl (C=O) groups is 3. The van der Waals surface area contributed by atoms with Crippen molar-refractivity contribution in [1.29, 1.82) is 0 Å². The van der Waals surface area contributed by atoms with Crippen LogP contribution in [0.1, 0.15) is 297 Å². The molecule has 0 bridgehead atoms. The molecular formula is C60H108O6. The van der Waals surface area contributed by atoms with Crippen molar-refractivity contribution >= 4 is 17.9 Å². The molecule has 0 aliphatic carbocycles.